The number of amides is 1. The predicted octanol–water partition coefficient (Wildman–Crippen LogP) is 5.27. The highest BCUT2D eigenvalue weighted by Gasteiger charge is 2.19. The summed E-state index contributed by atoms with van der Waals surface area (Å²) in [6.45, 7) is 13.6. The largest absolute Gasteiger partial charge is 0.483 e. The van der Waals surface area contributed by atoms with Crippen LogP contribution < -0.4 is 15.4 Å². The predicted molar refractivity (Wildman–Crippen MR) is 119 cm³/mol. The summed E-state index contributed by atoms with van der Waals surface area (Å²) in [5, 5.41) is 6.43. The summed E-state index contributed by atoms with van der Waals surface area (Å²) in [6, 6.07) is 14.1. The van der Waals surface area contributed by atoms with Crippen molar-refractivity contribution in [2.75, 3.05) is 11.9 Å². The average Bonchev–Trinajstić information content (AvgIpc) is 2.61. The van der Waals surface area contributed by atoms with Gasteiger partial charge >= 0.3 is 0 Å². The van der Waals surface area contributed by atoms with Gasteiger partial charge in [0.05, 0.1) is 0 Å². The molecular weight excluding hydrogens is 372 g/mol. The number of hydrogen-bond donors (Lipinski definition) is 2. The van der Waals surface area contributed by atoms with Crippen molar-refractivity contribution in [2.45, 2.75) is 54.1 Å². The molecule has 2 aromatic rings. The molecule has 0 fully saturated rings. The molecule has 1 atom stereocenters. The number of nitrogens with one attached hydrogen (secondary N) is 2. The number of para-hydroxylation sites is 1. The number of ether oxygens (including phenoxy) is 1. The Balaban J connectivity index is 0.00000392. The van der Waals surface area contributed by atoms with Crippen molar-refractivity contribution >= 4 is 24.0 Å². The number of carbonyl (C=O) groups is 1. The van der Waals surface area contributed by atoms with E-state index < -0.39 is 0 Å². The smallest absolute Gasteiger partial charge is 0.262 e. The fourth-order valence-electron chi connectivity index (χ4n) is 2.52. The third kappa shape index (κ3) is 7.17. The molecule has 0 aromatic heterocycles. The Kier molecular flexibility index (Phi) is 8.99. The van der Waals surface area contributed by atoms with Crippen LogP contribution in [0.15, 0.2) is 42.5 Å². The van der Waals surface area contributed by atoms with Gasteiger partial charge in [-0.05, 0) is 55.5 Å². The van der Waals surface area contributed by atoms with Gasteiger partial charge in [0, 0.05) is 23.8 Å². The highest BCUT2D eigenvalue weighted by Crippen LogP contribution is 2.22. The van der Waals surface area contributed by atoms with Gasteiger partial charge in [0.15, 0.2) is 6.61 Å². The highest BCUT2D eigenvalue weighted by molar-refractivity contribution is 5.92. The molecule has 5 heteroatoms. The fourth-order valence-corrected chi connectivity index (χ4v) is 2.52. The first-order valence-corrected chi connectivity index (χ1v) is 9.48. The molecular formula is C23H33ClN2O2. The number of rotatable bonds is 7. The molecule has 28 heavy (non-hydrogen) atoms. The second-order valence-electron chi connectivity index (χ2n) is 8.21. The highest BCUT2D eigenvalue weighted by atomic mass is 35.5. The van der Waals surface area contributed by atoms with E-state index in [1.54, 1.807) is 0 Å². The lowest BCUT2D eigenvalue weighted by Gasteiger charge is -2.28. The molecule has 2 aromatic carbocycles. The molecule has 0 radical (unpaired) electrons. The van der Waals surface area contributed by atoms with Crippen LogP contribution >= 0.6 is 12.4 Å². The van der Waals surface area contributed by atoms with E-state index in [1.807, 2.05) is 49.4 Å². The molecule has 0 aliphatic carbocycles. The van der Waals surface area contributed by atoms with Gasteiger partial charge in [0.25, 0.3) is 5.91 Å². The van der Waals surface area contributed by atoms with Gasteiger partial charge in [-0.2, -0.15) is 0 Å². The van der Waals surface area contributed by atoms with E-state index in [-0.39, 0.29) is 30.3 Å². The van der Waals surface area contributed by atoms with Gasteiger partial charge in [-0.25, -0.2) is 0 Å². The number of aryl methyl sites for hydroxylation is 2. The first-order valence-electron chi connectivity index (χ1n) is 9.48. The van der Waals surface area contributed by atoms with Crippen molar-refractivity contribution in [1.82, 2.24) is 5.32 Å². The van der Waals surface area contributed by atoms with Crippen LogP contribution in [0.25, 0.3) is 0 Å². The molecule has 0 spiro atoms. The topological polar surface area (TPSA) is 50.4 Å². The number of carbonyl (C=O) groups excluding carboxylic acids is 1. The molecule has 1 unspecified atom stereocenters. The minimum atomic E-state index is -0.163. The lowest BCUT2D eigenvalue weighted by atomic mass is 9.88. The second kappa shape index (κ2) is 10.5. The van der Waals surface area contributed by atoms with Crippen LogP contribution in [0.5, 0.6) is 5.75 Å². The summed E-state index contributed by atoms with van der Waals surface area (Å²) >= 11 is 0. The van der Waals surface area contributed by atoms with Gasteiger partial charge in [-0.1, -0.05) is 45.0 Å². The van der Waals surface area contributed by atoms with Crippen molar-refractivity contribution in [3.63, 3.8) is 0 Å². The zero-order valence-corrected chi connectivity index (χ0v) is 18.6. The fraction of sp³-hybridized carbons (Fsp3) is 0.435. The van der Waals surface area contributed by atoms with Crippen molar-refractivity contribution in [2.24, 2.45) is 5.41 Å². The monoisotopic (exact) mass is 404 g/mol. The minimum absolute atomic E-state index is 0. The van der Waals surface area contributed by atoms with Crippen LogP contribution in [-0.4, -0.2) is 18.6 Å². The Labute approximate surface area is 175 Å². The third-order valence-electron chi connectivity index (χ3n) is 5.02. The second-order valence-corrected chi connectivity index (χ2v) is 8.21. The summed E-state index contributed by atoms with van der Waals surface area (Å²) in [5.41, 5.74) is 4.38. The average molecular weight is 405 g/mol. The number of hydrogen-bond acceptors (Lipinski definition) is 3. The Morgan fingerprint density at radius 2 is 1.75 bits per heavy atom. The lowest BCUT2D eigenvalue weighted by Crippen LogP contribution is -2.37. The summed E-state index contributed by atoms with van der Waals surface area (Å²) in [7, 11) is 0. The summed E-state index contributed by atoms with van der Waals surface area (Å²) in [5.74, 6) is 0.574. The van der Waals surface area contributed by atoms with Gasteiger partial charge in [0.1, 0.15) is 5.75 Å². The van der Waals surface area contributed by atoms with E-state index in [0.717, 1.165) is 22.6 Å². The van der Waals surface area contributed by atoms with Gasteiger partial charge in [-0.15, -0.1) is 12.4 Å². The van der Waals surface area contributed by atoms with E-state index in [4.69, 9.17) is 4.74 Å². The summed E-state index contributed by atoms with van der Waals surface area (Å²) in [6.07, 6.45) is 0. The van der Waals surface area contributed by atoms with E-state index in [2.05, 4.69) is 45.3 Å². The van der Waals surface area contributed by atoms with Crippen molar-refractivity contribution in [3.05, 3.63) is 59.2 Å². The Morgan fingerprint density at radius 1 is 1.07 bits per heavy atom. The van der Waals surface area contributed by atoms with E-state index >= 15 is 0 Å². The number of anilines is 1. The van der Waals surface area contributed by atoms with Crippen molar-refractivity contribution in [1.29, 1.82) is 0 Å². The molecule has 154 valence electrons. The lowest BCUT2D eigenvalue weighted by molar-refractivity contribution is -0.118. The first-order chi connectivity index (χ1) is 12.7. The van der Waals surface area contributed by atoms with Crippen molar-refractivity contribution < 1.29 is 9.53 Å². The maximum absolute atomic E-state index is 12.2. The van der Waals surface area contributed by atoms with Gasteiger partial charge in [0.2, 0.25) is 0 Å². The van der Waals surface area contributed by atoms with E-state index in [1.165, 1.54) is 5.56 Å². The van der Waals surface area contributed by atoms with Crippen LogP contribution in [-0.2, 0) is 11.3 Å². The zero-order chi connectivity index (χ0) is 20.0. The van der Waals surface area contributed by atoms with Crippen LogP contribution in [0.2, 0.25) is 0 Å². The van der Waals surface area contributed by atoms with Gasteiger partial charge < -0.3 is 15.4 Å². The van der Waals surface area contributed by atoms with Gasteiger partial charge in [-0.3, -0.25) is 4.79 Å². The molecule has 0 heterocycles. The zero-order valence-electron chi connectivity index (χ0n) is 17.8. The number of benzene rings is 2. The van der Waals surface area contributed by atoms with Crippen LogP contribution in [0.3, 0.4) is 0 Å². The normalized spacial score (nSPS) is 12.1. The summed E-state index contributed by atoms with van der Waals surface area (Å²) < 4.78 is 5.79. The molecule has 0 aliphatic rings. The molecule has 1 amide bonds. The Morgan fingerprint density at radius 3 is 2.39 bits per heavy atom. The van der Waals surface area contributed by atoms with E-state index in [9.17, 15) is 4.79 Å². The molecule has 0 bridgehead atoms. The Hall–Kier alpha value is -2.04. The molecule has 0 saturated heterocycles. The maximum Gasteiger partial charge on any atom is 0.262 e. The molecule has 0 saturated carbocycles. The quantitative estimate of drug-likeness (QED) is 0.661. The SMILES string of the molecule is Cc1ccc(NC(=O)COc2ccccc2CNC(C)C(C)(C)C)cc1C.Cl. The molecule has 0 aliphatic heterocycles. The maximum atomic E-state index is 12.2. The molecule has 2 N–H and O–H groups in total. The molecule has 4 nitrogen and oxygen atoms in total. The standard InChI is InChI=1S/C23H32N2O2.ClH/c1-16-11-12-20(13-17(16)2)25-22(26)15-27-21-10-8-7-9-19(21)14-24-18(3)23(4,5)6;/h7-13,18,24H,14-15H2,1-6H3,(H,25,26);1H. The summed E-state index contributed by atoms with van der Waals surface area (Å²) in [4.78, 5) is 12.2. The first kappa shape index (κ1) is 24.0. The van der Waals surface area contributed by atoms with Crippen LogP contribution in [0.1, 0.15) is 44.4 Å². The number of halogens is 1. The molecule has 2 rings (SSSR count). The van der Waals surface area contributed by atoms with Crippen LogP contribution in [0, 0.1) is 19.3 Å². The third-order valence-corrected chi connectivity index (χ3v) is 5.02. The van der Waals surface area contributed by atoms with E-state index in [0.29, 0.717) is 12.6 Å². The Bertz CT molecular complexity index is 784. The van der Waals surface area contributed by atoms with Crippen LogP contribution in [0.4, 0.5) is 5.69 Å². The minimum Gasteiger partial charge on any atom is -0.483 e. The van der Waals surface area contributed by atoms with Crippen molar-refractivity contribution in [3.8, 4) is 5.75 Å².